The third-order valence-electron chi connectivity index (χ3n) is 7.81. The SMILES string of the molecule is CC(C)Cn1c(=O)n(CCN2CCCCC2)c(=O)c2c(-c3cccn3C)n(Cc3csc4ccccc34)nc21. The van der Waals surface area contributed by atoms with Crippen molar-refractivity contribution in [1.82, 2.24) is 28.4 Å². The summed E-state index contributed by atoms with van der Waals surface area (Å²) >= 11 is 1.71. The van der Waals surface area contributed by atoms with E-state index in [-0.39, 0.29) is 17.2 Å². The van der Waals surface area contributed by atoms with Crippen LogP contribution in [-0.4, -0.2) is 48.0 Å². The van der Waals surface area contributed by atoms with Crippen molar-refractivity contribution in [2.75, 3.05) is 19.6 Å². The molecule has 1 aliphatic rings. The monoisotopic (exact) mass is 544 g/mol. The lowest BCUT2D eigenvalue weighted by Crippen LogP contribution is -2.43. The summed E-state index contributed by atoms with van der Waals surface area (Å²) < 4.78 is 8.36. The third-order valence-corrected chi connectivity index (χ3v) is 8.83. The lowest BCUT2D eigenvalue weighted by atomic mass is 10.1. The summed E-state index contributed by atoms with van der Waals surface area (Å²) in [6.45, 7) is 8.35. The van der Waals surface area contributed by atoms with Crippen LogP contribution in [0.1, 0.15) is 38.7 Å². The Morgan fingerprint density at radius 2 is 1.77 bits per heavy atom. The van der Waals surface area contributed by atoms with Gasteiger partial charge in [-0.3, -0.25) is 18.6 Å². The molecule has 0 N–H and O–H groups in total. The zero-order valence-electron chi connectivity index (χ0n) is 23.0. The average molecular weight is 545 g/mol. The first-order chi connectivity index (χ1) is 18.9. The molecule has 1 fully saturated rings. The highest BCUT2D eigenvalue weighted by atomic mass is 32.1. The van der Waals surface area contributed by atoms with Gasteiger partial charge in [0, 0.05) is 37.6 Å². The lowest BCUT2D eigenvalue weighted by Gasteiger charge is -2.26. The summed E-state index contributed by atoms with van der Waals surface area (Å²) in [6, 6.07) is 12.4. The van der Waals surface area contributed by atoms with Gasteiger partial charge in [0.05, 0.1) is 12.2 Å². The minimum Gasteiger partial charge on any atom is -0.349 e. The van der Waals surface area contributed by atoms with Crippen molar-refractivity contribution < 1.29 is 0 Å². The highest BCUT2D eigenvalue weighted by Crippen LogP contribution is 2.31. The van der Waals surface area contributed by atoms with Crippen LogP contribution < -0.4 is 11.2 Å². The summed E-state index contributed by atoms with van der Waals surface area (Å²) in [5, 5.41) is 8.89. The van der Waals surface area contributed by atoms with Gasteiger partial charge in [0.2, 0.25) is 0 Å². The Morgan fingerprint density at radius 3 is 2.51 bits per heavy atom. The van der Waals surface area contributed by atoms with Crippen molar-refractivity contribution in [3.8, 4) is 11.4 Å². The van der Waals surface area contributed by atoms with Crippen LogP contribution >= 0.6 is 11.3 Å². The van der Waals surface area contributed by atoms with E-state index in [9.17, 15) is 9.59 Å². The van der Waals surface area contributed by atoms with Gasteiger partial charge in [0.25, 0.3) is 5.56 Å². The van der Waals surface area contributed by atoms with Gasteiger partial charge in [0.15, 0.2) is 5.65 Å². The van der Waals surface area contributed by atoms with Crippen LogP contribution in [0.2, 0.25) is 0 Å². The average Bonchev–Trinajstić information content (AvgIpc) is 3.64. The first-order valence-electron chi connectivity index (χ1n) is 14.0. The van der Waals surface area contributed by atoms with Crippen molar-refractivity contribution in [2.24, 2.45) is 13.0 Å². The second-order valence-electron chi connectivity index (χ2n) is 11.1. The molecule has 0 atom stereocenters. The number of hydrogen-bond donors (Lipinski definition) is 0. The van der Waals surface area contributed by atoms with Gasteiger partial charge in [-0.15, -0.1) is 11.3 Å². The molecule has 1 aromatic carbocycles. The van der Waals surface area contributed by atoms with Gasteiger partial charge >= 0.3 is 5.69 Å². The molecule has 0 spiro atoms. The quantitative estimate of drug-likeness (QED) is 0.282. The first-order valence-corrected chi connectivity index (χ1v) is 14.8. The number of thiophene rings is 1. The minimum atomic E-state index is -0.262. The molecule has 9 heteroatoms. The van der Waals surface area contributed by atoms with E-state index in [2.05, 4.69) is 48.4 Å². The Labute approximate surface area is 231 Å². The minimum absolute atomic E-state index is 0.225. The molecule has 0 aliphatic carbocycles. The maximum Gasteiger partial charge on any atom is 0.332 e. The number of nitrogens with zero attached hydrogens (tertiary/aromatic N) is 6. The largest absolute Gasteiger partial charge is 0.349 e. The molecule has 6 rings (SSSR count). The predicted octanol–water partition coefficient (Wildman–Crippen LogP) is 4.77. The number of likely N-dealkylation sites (tertiary alicyclic amines) is 1. The van der Waals surface area contributed by atoms with Crippen LogP contribution in [0.25, 0.3) is 32.5 Å². The summed E-state index contributed by atoms with van der Waals surface area (Å²) in [4.78, 5) is 30.4. The number of fused-ring (bicyclic) bond motifs is 2. The third kappa shape index (κ3) is 4.78. The molecule has 0 unspecified atom stereocenters. The number of aryl methyl sites for hydroxylation is 1. The van der Waals surface area contributed by atoms with Gasteiger partial charge in [-0.05, 0) is 66.4 Å². The summed E-state index contributed by atoms with van der Waals surface area (Å²) in [7, 11) is 1.98. The van der Waals surface area contributed by atoms with Gasteiger partial charge < -0.3 is 9.47 Å². The van der Waals surface area contributed by atoms with E-state index in [1.54, 1.807) is 15.9 Å². The Morgan fingerprint density at radius 1 is 0.974 bits per heavy atom. The van der Waals surface area contributed by atoms with Gasteiger partial charge in [-0.1, -0.05) is 38.5 Å². The first kappa shape index (κ1) is 25.8. The molecule has 4 aromatic heterocycles. The van der Waals surface area contributed by atoms with E-state index in [0.717, 1.165) is 30.0 Å². The molecule has 5 heterocycles. The predicted molar refractivity (Wildman–Crippen MR) is 159 cm³/mol. The fourth-order valence-electron chi connectivity index (χ4n) is 5.84. The molecule has 204 valence electrons. The van der Waals surface area contributed by atoms with Gasteiger partial charge in [-0.2, -0.15) is 5.10 Å². The lowest BCUT2D eigenvalue weighted by molar-refractivity contribution is 0.218. The van der Waals surface area contributed by atoms with E-state index in [4.69, 9.17) is 5.10 Å². The molecule has 1 saturated heterocycles. The maximum atomic E-state index is 14.2. The fraction of sp³-hybridized carbons (Fsp3) is 0.433. The van der Waals surface area contributed by atoms with E-state index in [0.29, 0.717) is 37.2 Å². The number of aromatic nitrogens is 5. The van der Waals surface area contributed by atoms with Crippen LogP contribution in [0, 0.1) is 5.92 Å². The van der Waals surface area contributed by atoms with E-state index >= 15 is 0 Å². The van der Waals surface area contributed by atoms with E-state index in [1.165, 1.54) is 33.9 Å². The van der Waals surface area contributed by atoms with Crippen LogP contribution in [0.4, 0.5) is 0 Å². The molecular formula is C30H36N6O2S. The Hall–Kier alpha value is -3.43. The van der Waals surface area contributed by atoms with E-state index in [1.807, 2.05) is 34.6 Å². The van der Waals surface area contributed by atoms with Crippen LogP contribution in [0.3, 0.4) is 0 Å². The highest BCUT2D eigenvalue weighted by molar-refractivity contribution is 7.17. The van der Waals surface area contributed by atoms with Crippen LogP contribution in [0.15, 0.2) is 57.6 Å². The molecule has 5 aromatic rings. The second kappa shape index (κ2) is 10.6. The molecule has 39 heavy (non-hydrogen) atoms. The molecular weight excluding hydrogens is 508 g/mol. The summed E-state index contributed by atoms with van der Waals surface area (Å²) in [6.07, 6.45) is 5.58. The molecule has 0 radical (unpaired) electrons. The normalized spacial score (nSPS) is 14.8. The summed E-state index contributed by atoms with van der Waals surface area (Å²) in [5.74, 6) is 0.225. The number of rotatable bonds is 8. The summed E-state index contributed by atoms with van der Waals surface area (Å²) in [5.41, 5.74) is 2.80. The molecule has 0 bridgehead atoms. The number of hydrogen-bond acceptors (Lipinski definition) is 5. The smallest absolute Gasteiger partial charge is 0.332 e. The van der Waals surface area contributed by atoms with Crippen molar-refractivity contribution in [1.29, 1.82) is 0 Å². The van der Waals surface area contributed by atoms with Crippen molar-refractivity contribution in [3.63, 3.8) is 0 Å². The zero-order chi connectivity index (χ0) is 27.1. The van der Waals surface area contributed by atoms with Gasteiger partial charge in [-0.25, -0.2) is 4.79 Å². The zero-order valence-corrected chi connectivity index (χ0v) is 23.8. The van der Waals surface area contributed by atoms with Crippen molar-refractivity contribution in [2.45, 2.75) is 52.7 Å². The van der Waals surface area contributed by atoms with Crippen LogP contribution in [0.5, 0.6) is 0 Å². The molecule has 0 amide bonds. The Bertz CT molecular complexity index is 1740. The van der Waals surface area contributed by atoms with Gasteiger partial charge in [0.1, 0.15) is 11.1 Å². The van der Waals surface area contributed by atoms with Crippen molar-refractivity contribution in [3.05, 3.63) is 74.4 Å². The standard InChI is InChI=1S/C30H36N6O2S/c1-21(2)18-35-28-26(29(37)34(30(35)38)17-16-33-14-7-4-8-15-33)27(24-11-9-13-32(24)3)36(31-28)19-22-20-39-25-12-6-5-10-23(22)25/h5-6,9-13,20-21H,4,7-8,14-19H2,1-3H3. The number of benzene rings is 1. The highest BCUT2D eigenvalue weighted by Gasteiger charge is 2.25. The molecule has 8 nitrogen and oxygen atoms in total. The molecule has 0 saturated carbocycles. The van der Waals surface area contributed by atoms with Crippen molar-refractivity contribution >= 4 is 32.5 Å². The maximum absolute atomic E-state index is 14.2. The van der Waals surface area contributed by atoms with E-state index < -0.39 is 0 Å². The fourth-order valence-corrected chi connectivity index (χ4v) is 6.80. The number of piperidine rings is 1. The topological polar surface area (TPSA) is 70.0 Å². The van der Waals surface area contributed by atoms with Crippen LogP contribution in [-0.2, 0) is 26.7 Å². The Kier molecular flexibility index (Phi) is 7.03. The molecule has 1 aliphatic heterocycles. The second-order valence-corrected chi connectivity index (χ2v) is 12.0. The Balaban J connectivity index is 1.56.